The Morgan fingerprint density at radius 3 is 1.42 bits per heavy atom. The van der Waals surface area contributed by atoms with E-state index in [4.69, 9.17) is 34.0 Å². The Morgan fingerprint density at radius 2 is 1.37 bits per heavy atom. The molecule has 0 aromatic heterocycles. The van der Waals surface area contributed by atoms with E-state index in [0.29, 0.717) is 0 Å². The molecule has 0 aliphatic carbocycles. The fourth-order valence-electron chi connectivity index (χ4n) is 0.479. The zero-order chi connectivity index (χ0) is 14.4. The van der Waals surface area contributed by atoms with Crippen molar-refractivity contribution in [1.29, 1.82) is 0 Å². The van der Waals surface area contributed by atoms with Gasteiger partial charge in [0, 0.05) is 0 Å². The van der Waals surface area contributed by atoms with Gasteiger partial charge in [-0.05, 0) is 0 Å². The molecule has 19 heavy (non-hydrogen) atoms. The molecule has 0 aromatic carbocycles. The van der Waals surface area contributed by atoms with E-state index in [9.17, 15) is 18.0 Å². The molecule has 6 N–H and O–H groups in total. The van der Waals surface area contributed by atoms with Crippen LogP contribution in [0.1, 0.15) is 9.27 Å². The van der Waals surface area contributed by atoms with Crippen LogP contribution in [0.2, 0.25) is 0 Å². The van der Waals surface area contributed by atoms with Crippen molar-refractivity contribution in [3.8, 4) is 0 Å². The molecule has 0 heterocycles. The Bertz CT molecular complexity index is 427. The van der Waals surface area contributed by atoms with Gasteiger partial charge in [-0.2, -0.15) is 8.42 Å². The molecule has 1 atom stereocenters. The maximum Gasteiger partial charge on any atom is 1.00 e. The van der Waals surface area contributed by atoms with Gasteiger partial charge in [0.2, 0.25) is 0 Å². The van der Waals surface area contributed by atoms with E-state index < -0.39 is 41.6 Å². The summed E-state index contributed by atoms with van der Waals surface area (Å²) in [5.74, 6) is -3.50. The van der Waals surface area contributed by atoms with Crippen LogP contribution in [-0.4, -0.2) is 55.1 Å². The molecule has 1 unspecified atom stereocenters. The van der Waals surface area contributed by atoms with Crippen molar-refractivity contribution in [2.24, 2.45) is 0 Å². The molecule has 0 amide bonds. The van der Waals surface area contributed by atoms with Gasteiger partial charge >= 0.3 is 78.9 Å². The normalized spacial score (nSPS) is 11.8. The van der Waals surface area contributed by atoms with E-state index in [1.54, 1.807) is 0 Å². The third kappa shape index (κ3) is 24.4. The number of aliphatic carboxylic acids is 2. The van der Waals surface area contributed by atoms with Crippen molar-refractivity contribution < 1.29 is 114 Å². The molecular formula is C4H11Na2O11PS. The van der Waals surface area contributed by atoms with Crippen LogP contribution in [0.3, 0.4) is 0 Å². The molecule has 0 aliphatic heterocycles. The molecule has 0 aromatic rings. The van der Waals surface area contributed by atoms with Crippen molar-refractivity contribution in [3.63, 3.8) is 0 Å². The largest absolute Gasteiger partial charge is 1.00 e. The van der Waals surface area contributed by atoms with E-state index in [-0.39, 0.29) is 62.0 Å². The van der Waals surface area contributed by atoms with E-state index in [1.807, 2.05) is 0 Å². The predicted octanol–water partition coefficient (Wildman–Crippen LogP) is -7.89. The van der Waals surface area contributed by atoms with Gasteiger partial charge in [0.25, 0.3) is 10.1 Å². The zero-order valence-corrected chi connectivity index (χ0v) is 15.6. The molecule has 0 fully saturated rings. The molecule has 0 spiro atoms. The molecule has 0 radical (unpaired) electrons. The molecule has 0 saturated carbocycles. The third-order valence-corrected chi connectivity index (χ3v) is 2.08. The molecule has 0 rings (SSSR count). The Hall–Kier alpha value is 0.960. The van der Waals surface area contributed by atoms with E-state index in [0.717, 1.165) is 0 Å². The molecule has 0 aliphatic rings. The van der Waals surface area contributed by atoms with E-state index in [2.05, 4.69) is 0 Å². The summed E-state index contributed by atoms with van der Waals surface area (Å²) in [4.78, 5) is 41.6. The summed E-state index contributed by atoms with van der Waals surface area (Å²) in [7, 11) is -9.48. The number of rotatable bonds is 4. The summed E-state index contributed by atoms with van der Waals surface area (Å²) >= 11 is 0. The predicted molar refractivity (Wildman–Crippen MR) is 51.7 cm³/mol. The minimum absolute atomic E-state index is 0. The number of phosphoric acid groups is 1. The molecule has 0 saturated heterocycles. The molecule has 15 heteroatoms. The quantitative estimate of drug-likeness (QED) is 0.160. The molecule has 11 nitrogen and oxygen atoms in total. The smallest absolute Gasteiger partial charge is 1.00 e. The first-order valence-electron chi connectivity index (χ1n) is 3.44. The van der Waals surface area contributed by atoms with Crippen LogP contribution in [0.5, 0.6) is 0 Å². The summed E-state index contributed by atoms with van der Waals surface area (Å²) in [5.41, 5.74) is 0. The van der Waals surface area contributed by atoms with Crippen LogP contribution in [0.4, 0.5) is 0 Å². The SMILES string of the molecule is O=C(O)CC(C(=O)O)S(=O)(=O)O.O=P(O)(O)O.[H-].[H-].[Na+].[Na+]. The summed E-state index contributed by atoms with van der Waals surface area (Å²) in [6.07, 6.45) is -1.16. The topological polar surface area (TPSA) is 207 Å². The molecule has 106 valence electrons. The van der Waals surface area contributed by atoms with Gasteiger partial charge in [-0.25, -0.2) is 4.57 Å². The molecular weight excluding hydrogens is 333 g/mol. The van der Waals surface area contributed by atoms with Gasteiger partial charge in [0.05, 0.1) is 6.42 Å². The van der Waals surface area contributed by atoms with E-state index in [1.165, 1.54) is 0 Å². The van der Waals surface area contributed by atoms with Gasteiger partial charge in [0.1, 0.15) is 0 Å². The summed E-state index contributed by atoms with van der Waals surface area (Å²) in [6, 6.07) is 0. The summed E-state index contributed by atoms with van der Waals surface area (Å²) in [5, 5.41) is 13.9. The number of hydrogen-bond donors (Lipinski definition) is 6. The fraction of sp³-hybridized carbons (Fsp3) is 0.500. The Kier molecular flexibility index (Phi) is 17.2. The first kappa shape index (κ1) is 28.2. The zero-order valence-electron chi connectivity index (χ0n) is 11.9. The van der Waals surface area contributed by atoms with Crippen molar-refractivity contribution in [1.82, 2.24) is 0 Å². The summed E-state index contributed by atoms with van der Waals surface area (Å²) in [6.45, 7) is 0. The third-order valence-electron chi connectivity index (χ3n) is 0.995. The van der Waals surface area contributed by atoms with Crippen LogP contribution >= 0.6 is 7.82 Å². The van der Waals surface area contributed by atoms with Crippen molar-refractivity contribution in [2.75, 3.05) is 0 Å². The molecule has 0 bridgehead atoms. The Balaban J connectivity index is -0.0000000552. The average molecular weight is 344 g/mol. The second-order valence-electron chi connectivity index (χ2n) is 2.45. The van der Waals surface area contributed by atoms with Crippen LogP contribution < -0.4 is 59.1 Å². The minimum Gasteiger partial charge on any atom is -1.00 e. The maximum absolute atomic E-state index is 10.2. The van der Waals surface area contributed by atoms with Crippen molar-refractivity contribution in [2.45, 2.75) is 11.7 Å². The minimum atomic E-state index is -4.84. The standard InChI is InChI=1S/C4H6O7S.2Na.H3O4P.2H/c5-3(6)1-2(4(7)8)12(9,10)11;;;1-5(2,3)4;;/h2H,1H2,(H,5,6)(H,7,8)(H,9,10,11);;;(H3,1,2,3,4);;/q;2*+1;;2*-1. The second-order valence-corrected chi connectivity index (χ2v) is 5.08. The number of carboxylic acid groups (broad SMARTS) is 2. The first-order chi connectivity index (χ1) is 7.25. The Morgan fingerprint density at radius 1 is 1.11 bits per heavy atom. The van der Waals surface area contributed by atoms with Crippen LogP contribution in [-0.2, 0) is 24.3 Å². The monoisotopic (exact) mass is 344 g/mol. The van der Waals surface area contributed by atoms with Crippen LogP contribution in [0, 0.1) is 0 Å². The Labute approximate surface area is 154 Å². The van der Waals surface area contributed by atoms with Crippen molar-refractivity contribution >= 4 is 29.9 Å². The first-order valence-corrected chi connectivity index (χ1v) is 6.51. The van der Waals surface area contributed by atoms with Crippen LogP contribution in [0.25, 0.3) is 0 Å². The maximum atomic E-state index is 10.2. The second kappa shape index (κ2) is 11.6. The van der Waals surface area contributed by atoms with Gasteiger partial charge < -0.3 is 27.7 Å². The summed E-state index contributed by atoms with van der Waals surface area (Å²) < 4.78 is 37.5. The number of hydrogen-bond acceptors (Lipinski definition) is 5. The number of carbonyl (C=O) groups is 2. The average Bonchev–Trinajstić information content (AvgIpc) is 1.93. The van der Waals surface area contributed by atoms with Gasteiger partial charge in [-0.1, -0.05) is 0 Å². The fourth-order valence-corrected chi connectivity index (χ4v) is 1.09. The van der Waals surface area contributed by atoms with Crippen LogP contribution in [0.15, 0.2) is 0 Å². The van der Waals surface area contributed by atoms with E-state index >= 15 is 0 Å². The number of carboxylic acids is 2. The van der Waals surface area contributed by atoms with Gasteiger partial charge in [0.15, 0.2) is 5.25 Å². The van der Waals surface area contributed by atoms with Crippen molar-refractivity contribution in [3.05, 3.63) is 0 Å². The van der Waals surface area contributed by atoms with Gasteiger partial charge in [-0.15, -0.1) is 0 Å². The van der Waals surface area contributed by atoms with Gasteiger partial charge in [-0.3, -0.25) is 14.1 Å².